The Balaban J connectivity index is 1.58. The Kier molecular flexibility index (Phi) is 4.50. The van der Waals surface area contributed by atoms with Crippen LogP contribution in [-0.4, -0.2) is 66.3 Å². The van der Waals surface area contributed by atoms with Crippen LogP contribution in [0.25, 0.3) is 5.70 Å². The number of benzene rings is 1. The van der Waals surface area contributed by atoms with Crippen molar-refractivity contribution >= 4 is 17.3 Å². The zero-order chi connectivity index (χ0) is 14.8. The second-order valence-corrected chi connectivity index (χ2v) is 6.21. The molecule has 2 N–H and O–H groups in total. The number of rotatable bonds is 3. The van der Waals surface area contributed by atoms with E-state index in [0.717, 1.165) is 49.0 Å². The lowest BCUT2D eigenvalue weighted by Crippen LogP contribution is -2.53. The molecule has 2 fully saturated rings. The van der Waals surface area contributed by atoms with E-state index in [9.17, 15) is 5.11 Å². The average molecular weight is 308 g/mol. The van der Waals surface area contributed by atoms with Crippen LogP contribution in [0.15, 0.2) is 30.8 Å². The zero-order valence-corrected chi connectivity index (χ0v) is 12.9. The number of halogens is 1. The Morgan fingerprint density at radius 2 is 1.81 bits per heavy atom. The summed E-state index contributed by atoms with van der Waals surface area (Å²) in [6, 6.07) is 8.09. The largest absolute Gasteiger partial charge is 0.390 e. The van der Waals surface area contributed by atoms with Gasteiger partial charge in [0.05, 0.1) is 6.10 Å². The molecule has 3 rings (SSSR count). The highest BCUT2D eigenvalue weighted by atomic mass is 35.5. The van der Waals surface area contributed by atoms with Crippen molar-refractivity contribution in [1.29, 1.82) is 0 Å². The number of β-amino-alcohol motifs (C(OH)–C–C–N with tert-alkyl or cyclic N) is 1. The van der Waals surface area contributed by atoms with Crippen LogP contribution in [0.2, 0.25) is 5.02 Å². The third kappa shape index (κ3) is 3.24. The molecule has 0 aliphatic carbocycles. The smallest absolute Gasteiger partial charge is 0.0831 e. The molecule has 0 unspecified atom stereocenters. The summed E-state index contributed by atoms with van der Waals surface area (Å²) in [6.45, 7) is 9.65. The Morgan fingerprint density at radius 1 is 1.14 bits per heavy atom. The Labute approximate surface area is 131 Å². The molecular formula is C16H22ClN3O. The molecule has 4 nitrogen and oxygen atoms in total. The third-order valence-electron chi connectivity index (χ3n) is 4.49. The minimum Gasteiger partial charge on any atom is -0.390 e. The molecule has 2 saturated heterocycles. The molecule has 0 spiro atoms. The summed E-state index contributed by atoms with van der Waals surface area (Å²) in [6.07, 6.45) is -0.240. The lowest BCUT2D eigenvalue weighted by molar-refractivity contribution is 0.0578. The average Bonchev–Trinajstić information content (AvgIpc) is 2.94. The van der Waals surface area contributed by atoms with Crippen LogP contribution in [0.5, 0.6) is 0 Å². The highest BCUT2D eigenvalue weighted by Crippen LogP contribution is 2.22. The van der Waals surface area contributed by atoms with Crippen LogP contribution < -0.4 is 5.32 Å². The van der Waals surface area contributed by atoms with Crippen LogP contribution in [0.1, 0.15) is 5.56 Å². The van der Waals surface area contributed by atoms with Crippen molar-refractivity contribution in [2.45, 2.75) is 12.1 Å². The van der Waals surface area contributed by atoms with E-state index < -0.39 is 0 Å². The topological polar surface area (TPSA) is 38.7 Å². The normalized spacial score (nSPS) is 27.0. The molecule has 0 aromatic heterocycles. The van der Waals surface area contributed by atoms with Gasteiger partial charge in [0.25, 0.3) is 0 Å². The Morgan fingerprint density at radius 3 is 2.38 bits per heavy atom. The molecule has 0 bridgehead atoms. The summed E-state index contributed by atoms with van der Waals surface area (Å²) < 4.78 is 0. The summed E-state index contributed by atoms with van der Waals surface area (Å²) in [5.41, 5.74) is 2.17. The van der Waals surface area contributed by atoms with E-state index in [1.165, 1.54) is 0 Å². The lowest BCUT2D eigenvalue weighted by atomic mass is 10.1. The van der Waals surface area contributed by atoms with Gasteiger partial charge in [-0.25, -0.2) is 0 Å². The molecule has 0 amide bonds. The molecule has 114 valence electrons. The second kappa shape index (κ2) is 6.36. The van der Waals surface area contributed by atoms with Crippen molar-refractivity contribution < 1.29 is 5.11 Å². The number of piperazine rings is 1. The first kappa shape index (κ1) is 14.9. The quantitative estimate of drug-likeness (QED) is 0.882. The van der Waals surface area contributed by atoms with E-state index in [1.807, 2.05) is 24.3 Å². The molecule has 5 heteroatoms. The maximum Gasteiger partial charge on any atom is 0.0831 e. The molecule has 21 heavy (non-hydrogen) atoms. The maximum atomic E-state index is 9.97. The lowest BCUT2D eigenvalue weighted by Gasteiger charge is -2.40. The van der Waals surface area contributed by atoms with Gasteiger partial charge >= 0.3 is 0 Å². The van der Waals surface area contributed by atoms with Gasteiger partial charge in [0, 0.05) is 56.0 Å². The highest BCUT2D eigenvalue weighted by molar-refractivity contribution is 6.30. The Hall–Kier alpha value is -1.07. The standard InChI is InChI=1S/C16H22ClN3O/c1-12(13-2-4-14(17)5-3-13)19-6-8-20(9-7-19)15-10-18-11-16(15)21/h2-5,15-16,18,21H,1,6-11H2/t15-,16-/m1/s1. The molecule has 0 saturated carbocycles. The van der Waals surface area contributed by atoms with Crippen molar-refractivity contribution in [1.82, 2.24) is 15.1 Å². The van der Waals surface area contributed by atoms with Crippen LogP contribution in [0.4, 0.5) is 0 Å². The van der Waals surface area contributed by atoms with Crippen LogP contribution in [0, 0.1) is 0 Å². The van der Waals surface area contributed by atoms with E-state index >= 15 is 0 Å². The fourth-order valence-electron chi connectivity index (χ4n) is 3.17. The number of nitrogens with zero attached hydrogens (tertiary/aromatic N) is 2. The monoisotopic (exact) mass is 307 g/mol. The van der Waals surface area contributed by atoms with Gasteiger partial charge in [0.15, 0.2) is 0 Å². The number of hydrogen-bond acceptors (Lipinski definition) is 4. The highest BCUT2D eigenvalue weighted by Gasteiger charge is 2.32. The summed E-state index contributed by atoms with van der Waals surface area (Å²) in [4.78, 5) is 4.70. The molecule has 2 aliphatic rings. The Bertz CT molecular complexity index is 497. The van der Waals surface area contributed by atoms with Crippen molar-refractivity contribution in [3.63, 3.8) is 0 Å². The zero-order valence-electron chi connectivity index (χ0n) is 12.1. The minimum atomic E-state index is -0.240. The molecule has 1 aromatic carbocycles. The van der Waals surface area contributed by atoms with Gasteiger partial charge in [-0.1, -0.05) is 30.3 Å². The fourth-order valence-corrected chi connectivity index (χ4v) is 3.30. The molecule has 0 radical (unpaired) electrons. The first-order valence-corrected chi connectivity index (χ1v) is 7.85. The number of aliphatic hydroxyl groups excluding tert-OH is 1. The van der Waals surface area contributed by atoms with Gasteiger partial charge in [-0.2, -0.15) is 0 Å². The van der Waals surface area contributed by atoms with Crippen LogP contribution in [-0.2, 0) is 0 Å². The predicted molar refractivity (Wildman–Crippen MR) is 86.3 cm³/mol. The predicted octanol–water partition coefficient (Wildman–Crippen LogP) is 1.26. The maximum absolute atomic E-state index is 9.97. The molecule has 2 heterocycles. The van der Waals surface area contributed by atoms with Crippen LogP contribution in [0.3, 0.4) is 0 Å². The number of nitrogens with one attached hydrogen (secondary N) is 1. The minimum absolute atomic E-state index is 0.240. The van der Waals surface area contributed by atoms with Crippen molar-refractivity contribution in [3.8, 4) is 0 Å². The van der Waals surface area contributed by atoms with Gasteiger partial charge in [0.2, 0.25) is 0 Å². The van der Waals surface area contributed by atoms with Crippen molar-refractivity contribution in [2.24, 2.45) is 0 Å². The van der Waals surface area contributed by atoms with Gasteiger partial charge in [-0.3, -0.25) is 4.90 Å². The van der Waals surface area contributed by atoms with E-state index in [1.54, 1.807) is 0 Å². The van der Waals surface area contributed by atoms with Gasteiger partial charge in [-0.15, -0.1) is 0 Å². The molecule has 2 aliphatic heterocycles. The summed E-state index contributed by atoms with van der Waals surface area (Å²) in [7, 11) is 0. The van der Waals surface area contributed by atoms with E-state index in [2.05, 4.69) is 21.7 Å². The first-order valence-electron chi connectivity index (χ1n) is 7.48. The SMILES string of the molecule is C=C(c1ccc(Cl)cc1)N1CCN([C@@H]2CNC[C@H]2O)CC1. The van der Waals surface area contributed by atoms with Gasteiger partial charge in [0.1, 0.15) is 0 Å². The summed E-state index contributed by atoms with van der Waals surface area (Å²) in [5, 5.41) is 14.0. The van der Waals surface area contributed by atoms with Crippen molar-refractivity contribution in [3.05, 3.63) is 41.4 Å². The summed E-state index contributed by atoms with van der Waals surface area (Å²) in [5.74, 6) is 0. The molecule has 2 atom stereocenters. The first-order chi connectivity index (χ1) is 10.1. The van der Waals surface area contributed by atoms with Gasteiger partial charge < -0.3 is 15.3 Å². The van der Waals surface area contributed by atoms with Crippen LogP contribution >= 0.6 is 11.6 Å². The number of hydrogen-bond donors (Lipinski definition) is 2. The summed E-state index contributed by atoms with van der Waals surface area (Å²) >= 11 is 5.93. The molecular weight excluding hydrogens is 286 g/mol. The van der Waals surface area contributed by atoms with Crippen molar-refractivity contribution in [2.75, 3.05) is 39.3 Å². The third-order valence-corrected chi connectivity index (χ3v) is 4.75. The number of aliphatic hydroxyl groups is 1. The molecule has 1 aromatic rings. The van der Waals surface area contributed by atoms with Gasteiger partial charge in [-0.05, 0) is 17.7 Å². The second-order valence-electron chi connectivity index (χ2n) is 5.77. The van der Waals surface area contributed by atoms with E-state index in [0.29, 0.717) is 6.54 Å². The fraction of sp³-hybridized carbons (Fsp3) is 0.500. The van der Waals surface area contributed by atoms with E-state index in [-0.39, 0.29) is 12.1 Å². The van der Waals surface area contributed by atoms with E-state index in [4.69, 9.17) is 11.6 Å².